The molecule has 1 atom stereocenters. The summed E-state index contributed by atoms with van der Waals surface area (Å²) in [4.78, 5) is 24.1. The Morgan fingerprint density at radius 2 is 1.70 bits per heavy atom. The number of hydrogen-bond donors (Lipinski definition) is 0. The van der Waals surface area contributed by atoms with Gasteiger partial charge in [-0.3, -0.25) is 0 Å². The predicted molar refractivity (Wildman–Crippen MR) is 93.9 cm³/mol. The Labute approximate surface area is 156 Å². The summed E-state index contributed by atoms with van der Waals surface area (Å²) in [5, 5.41) is 0. The number of sulfonamides is 1. The normalized spacial score (nSPS) is 12.5. The molecule has 0 heterocycles. The number of rotatable bonds is 6. The molecule has 2 aromatic rings. The van der Waals surface area contributed by atoms with Crippen molar-refractivity contribution in [1.29, 1.82) is 0 Å². The van der Waals surface area contributed by atoms with Crippen molar-refractivity contribution in [1.82, 2.24) is 4.31 Å². The van der Waals surface area contributed by atoms with Gasteiger partial charge in [-0.05, 0) is 18.2 Å². The molecule has 0 fully saturated rings. The van der Waals surface area contributed by atoms with Crippen molar-refractivity contribution in [2.75, 3.05) is 21.2 Å². The number of halogens is 1. The molecule has 0 aliphatic heterocycles. The summed E-state index contributed by atoms with van der Waals surface area (Å²) in [5.74, 6) is -3.02. The molecule has 0 saturated heterocycles. The summed E-state index contributed by atoms with van der Waals surface area (Å²) in [7, 11) is -0.152. The van der Waals surface area contributed by atoms with Gasteiger partial charge in [-0.1, -0.05) is 30.3 Å². The number of ether oxygens (including phenoxy) is 2. The third-order valence-electron chi connectivity index (χ3n) is 3.68. The highest BCUT2D eigenvalue weighted by Gasteiger charge is 2.29. The molecule has 0 N–H and O–H groups in total. The van der Waals surface area contributed by atoms with Crippen molar-refractivity contribution in [3.63, 3.8) is 0 Å². The minimum Gasteiger partial charge on any atom is -0.466 e. The van der Waals surface area contributed by atoms with E-state index in [2.05, 4.69) is 4.74 Å². The Morgan fingerprint density at radius 1 is 1.07 bits per heavy atom. The average Bonchev–Trinajstić information content (AvgIpc) is 2.66. The van der Waals surface area contributed by atoms with Crippen molar-refractivity contribution in [3.8, 4) is 0 Å². The molecular formula is C18H18FNO6S. The van der Waals surface area contributed by atoms with E-state index in [0.717, 1.165) is 29.6 Å². The third-order valence-corrected chi connectivity index (χ3v) is 5.49. The molecule has 0 aliphatic carbocycles. The van der Waals surface area contributed by atoms with Gasteiger partial charge in [0.05, 0.1) is 17.6 Å². The van der Waals surface area contributed by atoms with Crippen LogP contribution in [0.2, 0.25) is 0 Å². The first-order chi connectivity index (χ1) is 12.7. The molecule has 0 aromatic heterocycles. The summed E-state index contributed by atoms with van der Waals surface area (Å²) in [6.07, 6.45) is -1.42. The zero-order valence-corrected chi connectivity index (χ0v) is 15.7. The van der Waals surface area contributed by atoms with Crippen LogP contribution >= 0.6 is 0 Å². The number of benzene rings is 2. The number of esters is 2. The van der Waals surface area contributed by atoms with Crippen LogP contribution in [-0.2, 0) is 24.3 Å². The maximum Gasteiger partial charge on any atom is 0.351 e. The Bertz CT molecular complexity index is 944. The molecule has 9 heteroatoms. The fourth-order valence-corrected chi connectivity index (χ4v) is 3.12. The number of methoxy groups -OCH3 is 1. The lowest BCUT2D eigenvalue weighted by Gasteiger charge is -2.17. The molecule has 144 valence electrons. The first kappa shape index (κ1) is 20.5. The zero-order valence-electron chi connectivity index (χ0n) is 14.9. The van der Waals surface area contributed by atoms with Gasteiger partial charge in [0, 0.05) is 19.7 Å². The fraction of sp³-hybridized carbons (Fsp3) is 0.222. The number of carbonyl (C=O) groups excluding carboxylic acids is 2. The molecule has 2 rings (SSSR count). The summed E-state index contributed by atoms with van der Waals surface area (Å²) >= 11 is 0. The lowest BCUT2D eigenvalue weighted by molar-refractivity contribution is -0.151. The Kier molecular flexibility index (Phi) is 6.29. The van der Waals surface area contributed by atoms with E-state index in [4.69, 9.17) is 4.74 Å². The van der Waals surface area contributed by atoms with Crippen LogP contribution in [0, 0.1) is 5.82 Å². The van der Waals surface area contributed by atoms with E-state index in [-0.39, 0.29) is 4.90 Å². The maximum absolute atomic E-state index is 14.1. The molecule has 0 spiro atoms. The lowest BCUT2D eigenvalue weighted by atomic mass is 10.1. The van der Waals surface area contributed by atoms with E-state index < -0.39 is 39.4 Å². The monoisotopic (exact) mass is 395 g/mol. The number of hydrogen-bond acceptors (Lipinski definition) is 6. The smallest absolute Gasteiger partial charge is 0.351 e. The van der Waals surface area contributed by atoms with Crippen LogP contribution in [0.25, 0.3) is 0 Å². The third kappa shape index (κ3) is 4.50. The topological polar surface area (TPSA) is 90.0 Å². The van der Waals surface area contributed by atoms with Crippen LogP contribution in [0.15, 0.2) is 53.4 Å². The van der Waals surface area contributed by atoms with Gasteiger partial charge in [0.1, 0.15) is 5.82 Å². The van der Waals surface area contributed by atoms with Gasteiger partial charge in [0.2, 0.25) is 16.1 Å². The molecule has 0 bridgehead atoms. The van der Waals surface area contributed by atoms with E-state index >= 15 is 0 Å². The summed E-state index contributed by atoms with van der Waals surface area (Å²) in [6.45, 7) is 0. The van der Waals surface area contributed by atoms with Crippen molar-refractivity contribution in [3.05, 3.63) is 65.5 Å². The molecule has 0 unspecified atom stereocenters. The highest BCUT2D eigenvalue weighted by molar-refractivity contribution is 7.89. The van der Waals surface area contributed by atoms with Gasteiger partial charge >= 0.3 is 11.9 Å². The molecule has 7 nitrogen and oxygen atoms in total. The Balaban J connectivity index is 2.40. The molecule has 0 aliphatic rings. The summed E-state index contributed by atoms with van der Waals surface area (Å²) in [6, 6.07) is 10.8. The highest BCUT2D eigenvalue weighted by Crippen LogP contribution is 2.23. The van der Waals surface area contributed by atoms with Crippen LogP contribution in [0.4, 0.5) is 4.39 Å². The molecular weight excluding hydrogens is 377 g/mol. The lowest BCUT2D eigenvalue weighted by Crippen LogP contribution is -2.24. The van der Waals surface area contributed by atoms with Gasteiger partial charge < -0.3 is 9.47 Å². The van der Waals surface area contributed by atoms with Crippen molar-refractivity contribution in [2.24, 2.45) is 0 Å². The minimum atomic E-state index is -3.88. The average molecular weight is 395 g/mol. The zero-order chi connectivity index (χ0) is 20.2. The van der Waals surface area contributed by atoms with Gasteiger partial charge in [0.15, 0.2) is 0 Å². The van der Waals surface area contributed by atoms with Gasteiger partial charge in [0.25, 0.3) is 0 Å². The highest BCUT2D eigenvalue weighted by atomic mass is 32.2. The van der Waals surface area contributed by atoms with E-state index in [1.165, 1.54) is 26.2 Å². The second-order valence-corrected chi connectivity index (χ2v) is 7.80. The minimum absolute atomic E-state index is 0.282. The summed E-state index contributed by atoms with van der Waals surface area (Å²) < 4.78 is 49.2. The number of nitrogens with zero attached hydrogens (tertiary/aromatic N) is 1. The van der Waals surface area contributed by atoms with E-state index in [1.807, 2.05) is 0 Å². The Hall–Kier alpha value is -2.78. The van der Waals surface area contributed by atoms with E-state index in [0.29, 0.717) is 5.56 Å². The van der Waals surface area contributed by atoms with Crippen LogP contribution in [0.5, 0.6) is 0 Å². The molecule has 0 amide bonds. The van der Waals surface area contributed by atoms with Crippen molar-refractivity contribution < 1.29 is 31.9 Å². The molecule has 27 heavy (non-hydrogen) atoms. The van der Waals surface area contributed by atoms with Crippen LogP contribution in [0.1, 0.15) is 22.0 Å². The second-order valence-electron chi connectivity index (χ2n) is 5.65. The van der Waals surface area contributed by atoms with Crippen LogP contribution in [0.3, 0.4) is 0 Å². The van der Waals surface area contributed by atoms with Gasteiger partial charge in [-0.15, -0.1) is 0 Å². The van der Waals surface area contributed by atoms with Crippen molar-refractivity contribution >= 4 is 22.0 Å². The first-order valence-corrected chi connectivity index (χ1v) is 9.18. The van der Waals surface area contributed by atoms with E-state index in [1.54, 1.807) is 18.2 Å². The number of carbonyl (C=O) groups is 2. The SMILES string of the molecule is COC(=O)[C@H](OC(=O)c1cc(S(=O)(=O)N(C)C)ccc1F)c1ccccc1. The Morgan fingerprint density at radius 3 is 2.26 bits per heavy atom. The quantitative estimate of drug-likeness (QED) is 0.696. The fourth-order valence-electron chi connectivity index (χ4n) is 2.19. The predicted octanol–water partition coefficient (Wildman–Crippen LogP) is 2.15. The standard InChI is InChI=1S/C18H18FNO6S/c1-20(2)27(23,24)13-9-10-15(19)14(11-13)17(21)26-16(18(22)25-3)12-7-5-4-6-8-12/h4-11,16H,1-3H3/t16-/m1/s1. The molecule has 0 radical (unpaired) electrons. The second kappa shape index (κ2) is 8.28. The summed E-state index contributed by atoms with van der Waals surface area (Å²) in [5.41, 5.74) is -0.280. The van der Waals surface area contributed by atoms with Gasteiger partial charge in [-0.2, -0.15) is 0 Å². The largest absolute Gasteiger partial charge is 0.466 e. The van der Waals surface area contributed by atoms with Crippen molar-refractivity contribution in [2.45, 2.75) is 11.0 Å². The maximum atomic E-state index is 14.1. The van der Waals surface area contributed by atoms with Crippen LogP contribution in [-0.4, -0.2) is 45.9 Å². The first-order valence-electron chi connectivity index (χ1n) is 7.74. The van der Waals surface area contributed by atoms with Crippen LogP contribution < -0.4 is 0 Å². The molecule has 2 aromatic carbocycles. The van der Waals surface area contributed by atoms with Gasteiger partial charge in [-0.25, -0.2) is 26.7 Å². The van der Waals surface area contributed by atoms with E-state index in [9.17, 15) is 22.4 Å². The molecule has 0 saturated carbocycles.